The number of phenolic OH excluding ortho intramolecular Hbond substituents is 1. The topological polar surface area (TPSA) is 99.2 Å². The fourth-order valence-corrected chi connectivity index (χ4v) is 3.06. The third-order valence-electron chi connectivity index (χ3n) is 4.66. The van der Waals surface area contributed by atoms with Crippen molar-refractivity contribution in [1.82, 2.24) is 4.98 Å². The number of methoxy groups -OCH3 is 1. The van der Waals surface area contributed by atoms with Crippen LogP contribution in [0.3, 0.4) is 0 Å². The molecule has 1 unspecified atom stereocenters. The molecular formula is C20H19N3O4. The van der Waals surface area contributed by atoms with Crippen LogP contribution in [-0.4, -0.2) is 35.4 Å². The number of hydrogen-bond donors (Lipinski definition) is 2. The summed E-state index contributed by atoms with van der Waals surface area (Å²) in [5.74, 6) is 7.20. The first-order valence-electron chi connectivity index (χ1n) is 8.41. The summed E-state index contributed by atoms with van der Waals surface area (Å²) in [6.45, 7) is 3.95. The maximum absolute atomic E-state index is 9.97. The largest absolute Gasteiger partial charge is 0.508 e. The number of benzene rings is 1. The maximum Gasteiger partial charge on any atom is 0.283 e. The summed E-state index contributed by atoms with van der Waals surface area (Å²) in [5.41, 5.74) is 6.34. The predicted molar refractivity (Wildman–Crippen MR) is 98.7 cm³/mol. The van der Waals surface area contributed by atoms with E-state index < -0.39 is 11.1 Å². The number of aromatic hydroxyl groups is 1. The second kappa shape index (κ2) is 5.89. The first kappa shape index (κ1) is 17.2. The van der Waals surface area contributed by atoms with Crippen LogP contribution >= 0.6 is 0 Å². The third kappa shape index (κ3) is 2.84. The van der Waals surface area contributed by atoms with E-state index in [0.29, 0.717) is 28.3 Å². The second-order valence-corrected chi connectivity index (χ2v) is 6.92. The fraction of sp³-hybridized carbons (Fsp3) is 0.300. The number of hydrogen-bond acceptors (Lipinski definition) is 7. The summed E-state index contributed by atoms with van der Waals surface area (Å²) in [7, 11) is 1.61. The summed E-state index contributed by atoms with van der Waals surface area (Å²) in [6.07, 6.45) is 1.64. The van der Waals surface area contributed by atoms with Crippen LogP contribution in [0.15, 0.2) is 35.5 Å². The predicted octanol–water partition coefficient (Wildman–Crippen LogP) is 2.26. The molecule has 0 fully saturated rings. The van der Waals surface area contributed by atoms with Gasteiger partial charge in [-0.25, -0.2) is 9.98 Å². The van der Waals surface area contributed by atoms with Gasteiger partial charge in [0.25, 0.3) is 6.02 Å². The Labute approximate surface area is 156 Å². The van der Waals surface area contributed by atoms with E-state index in [0.717, 1.165) is 0 Å². The fourth-order valence-electron chi connectivity index (χ4n) is 3.06. The molecule has 0 saturated heterocycles. The van der Waals surface area contributed by atoms with E-state index >= 15 is 0 Å². The van der Waals surface area contributed by atoms with Crippen molar-refractivity contribution in [3.8, 4) is 29.2 Å². The number of nitrogens with zero attached hydrogens (tertiary/aromatic N) is 2. The minimum absolute atomic E-state index is 0.0779. The first-order valence-corrected chi connectivity index (χ1v) is 8.41. The molecule has 138 valence electrons. The molecule has 3 heterocycles. The Balaban J connectivity index is 1.88. The smallest absolute Gasteiger partial charge is 0.283 e. The second-order valence-electron chi connectivity index (χ2n) is 6.92. The van der Waals surface area contributed by atoms with Crippen LogP contribution in [0.4, 0.5) is 0 Å². The molecule has 2 aliphatic heterocycles. The van der Waals surface area contributed by atoms with Crippen molar-refractivity contribution in [2.24, 2.45) is 10.7 Å². The summed E-state index contributed by atoms with van der Waals surface area (Å²) >= 11 is 0. The van der Waals surface area contributed by atoms with Crippen LogP contribution in [0, 0.1) is 11.8 Å². The highest BCUT2D eigenvalue weighted by Crippen LogP contribution is 2.50. The number of fused-ring (bicyclic) bond motifs is 4. The summed E-state index contributed by atoms with van der Waals surface area (Å²) in [6, 6.07) is 6.77. The van der Waals surface area contributed by atoms with Crippen LogP contribution in [0.25, 0.3) is 0 Å². The number of nitrogens with two attached hydrogens (primary N) is 1. The van der Waals surface area contributed by atoms with Gasteiger partial charge >= 0.3 is 0 Å². The number of ether oxygens (including phenoxy) is 3. The molecule has 1 aromatic carbocycles. The molecule has 0 radical (unpaired) electrons. The number of amidine groups is 1. The summed E-state index contributed by atoms with van der Waals surface area (Å²) in [5, 5.41) is 9.97. The SMILES string of the molecule is COC(C)(C)C#Cc1cnc2c(c1)C1(COC(N)=N1)c1cc(O)ccc1O2. The van der Waals surface area contributed by atoms with Crippen molar-refractivity contribution in [1.29, 1.82) is 0 Å². The van der Waals surface area contributed by atoms with E-state index in [9.17, 15) is 5.11 Å². The van der Waals surface area contributed by atoms with E-state index in [2.05, 4.69) is 21.8 Å². The normalized spacial score (nSPS) is 19.9. The Morgan fingerprint density at radius 3 is 2.81 bits per heavy atom. The Hall–Kier alpha value is -3.24. The molecule has 2 aromatic rings. The van der Waals surface area contributed by atoms with Gasteiger partial charge in [-0.05, 0) is 38.1 Å². The molecule has 7 heteroatoms. The van der Waals surface area contributed by atoms with Gasteiger partial charge in [0.1, 0.15) is 23.7 Å². The van der Waals surface area contributed by atoms with E-state index in [1.165, 1.54) is 0 Å². The standard InChI is InChI=1S/C20H19N3O4/c1-19(2,25-3)7-6-12-8-15-17(22-10-12)27-16-5-4-13(24)9-14(16)20(15)11-26-18(21)23-20/h4-5,8-10,24H,11H2,1-3H3,(H2,21,23). The molecule has 1 aromatic heterocycles. The minimum Gasteiger partial charge on any atom is -0.508 e. The van der Waals surface area contributed by atoms with Crippen molar-refractivity contribution >= 4 is 6.02 Å². The van der Waals surface area contributed by atoms with Crippen LogP contribution in [0.5, 0.6) is 17.4 Å². The average molecular weight is 365 g/mol. The molecule has 4 rings (SSSR count). The zero-order valence-corrected chi connectivity index (χ0v) is 15.2. The maximum atomic E-state index is 9.97. The summed E-state index contributed by atoms with van der Waals surface area (Å²) in [4.78, 5) is 8.95. The van der Waals surface area contributed by atoms with Crippen LogP contribution in [0.1, 0.15) is 30.5 Å². The van der Waals surface area contributed by atoms with Crippen LogP contribution < -0.4 is 10.5 Å². The van der Waals surface area contributed by atoms with E-state index in [-0.39, 0.29) is 18.4 Å². The van der Waals surface area contributed by atoms with Crippen LogP contribution in [-0.2, 0) is 15.0 Å². The minimum atomic E-state index is -0.937. The number of phenols is 1. The van der Waals surface area contributed by atoms with Gasteiger partial charge in [0, 0.05) is 24.4 Å². The van der Waals surface area contributed by atoms with Crippen molar-refractivity contribution in [2.75, 3.05) is 13.7 Å². The lowest BCUT2D eigenvalue weighted by molar-refractivity contribution is 0.0742. The zero-order chi connectivity index (χ0) is 19.2. The highest BCUT2D eigenvalue weighted by atomic mass is 16.5. The zero-order valence-electron chi connectivity index (χ0n) is 15.2. The Morgan fingerprint density at radius 1 is 1.30 bits per heavy atom. The molecule has 0 saturated carbocycles. The molecule has 0 bridgehead atoms. The van der Waals surface area contributed by atoms with Crippen molar-refractivity contribution in [3.63, 3.8) is 0 Å². The molecule has 3 N–H and O–H groups in total. The Morgan fingerprint density at radius 2 is 2.11 bits per heavy atom. The van der Waals surface area contributed by atoms with E-state index in [1.54, 1.807) is 31.5 Å². The molecular weight excluding hydrogens is 346 g/mol. The van der Waals surface area contributed by atoms with Gasteiger partial charge in [0.2, 0.25) is 5.88 Å². The number of pyridine rings is 1. The molecule has 0 amide bonds. The first-order chi connectivity index (χ1) is 12.8. The Kier molecular flexibility index (Phi) is 3.75. The lowest BCUT2D eigenvalue weighted by Crippen LogP contribution is -2.31. The molecule has 1 atom stereocenters. The molecule has 27 heavy (non-hydrogen) atoms. The van der Waals surface area contributed by atoms with Crippen molar-refractivity contribution in [3.05, 3.63) is 47.2 Å². The Bertz CT molecular complexity index is 1020. The van der Waals surface area contributed by atoms with Crippen molar-refractivity contribution < 1.29 is 19.3 Å². The number of aromatic nitrogens is 1. The van der Waals surface area contributed by atoms with Gasteiger partial charge in [-0.2, -0.15) is 0 Å². The monoisotopic (exact) mass is 365 g/mol. The highest BCUT2D eigenvalue weighted by molar-refractivity contribution is 5.76. The third-order valence-corrected chi connectivity index (χ3v) is 4.66. The van der Waals surface area contributed by atoms with Gasteiger partial charge in [-0.1, -0.05) is 11.8 Å². The average Bonchev–Trinajstić information content (AvgIpc) is 3.04. The van der Waals surface area contributed by atoms with Gasteiger partial charge < -0.3 is 25.1 Å². The van der Waals surface area contributed by atoms with Gasteiger partial charge in [0.15, 0.2) is 5.54 Å². The van der Waals surface area contributed by atoms with Gasteiger partial charge in [-0.15, -0.1) is 0 Å². The summed E-state index contributed by atoms with van der Waals surface area (Å²) < 4.78 is 16.7. The van der Waals surface area contributed by atoms with Gasteiger partial charge in [-0.3, -0.25) is 0 Å². The molecule has 7 nitrogen and oxygen atoms in total. The van der Waals surface area contributed by atoms with Crippen LogP contribution in [0.2, 0.25) is 0 Å². The van der Waals surface area contributed by atoms with Gasteiger partial charge in [0.05, 0.1) is 5.56 Å². The van der Waals surface area contributed by atoms with E-state index in [1.807, 2.05) is 19.9 Å². The molecule has 2 aliphatic rings. The number of aliphatic imine (C=N–C) groups is 1. The van der Waals surface area contributed by atoms with E-state index in [4.69, 9.17) is 19.9 Å². The quantitative estimate of drug-likeness (QED) is 0.752. The van der Waals surface area contributed by atoms with Crippen molar-refractivity contribution in [2.45, 2.75) is 25.0 Å². The number of rotatable bonds is 1. The highest BCUT2D eigenvalue weighted by Gasteiger charge is 2.47. The lowest BCUT2D eigenvalue weighted by atomic mass is 9.82. The lowest BCUT2D eigenvalue weighted by Gasteiger charge is -2.32. The molecule has 0 aliphatic carbocycles. The molecule has 1 spiro atoms.